The standard InChI is InChI=1S/C18H23N3O2S/c1-13(20-18(23)16-10-7-11-24-16)17(22)19-12-15(21(2)3)14-8-5-4-6-9-14/h4-11,13,15H,12H2,1-3H3,(H,19,22)(H,20,23)/t13-,15-/m1/s1. The average Bonchev–Trinajstić information content (AvgIpc) is 3.10. The third kappa shape index (κ3) is 4.91. The molecular formula is C18H23N3O2S. The Balaban J connectivity index is 1.89. The smallest absolute Gasteiger partial charge is 0.261 e. The highest BCUT2D eigenvalue weighted by Crippen LogP contribution is 2.16. The van der Waals surface area contributed by atoms with E-state index < -0.39 is 6.04 Å². The minimum absolute atomic E-state index is 0.0790. The molecule has 6 heteroatoms. The van der Waals surface area contributed by atoms with Crippen LogP contribution in [0.1, 0.15) is 28.2 Å². The van der Waals surface area contributed by atoms with Crippen molar-refractivity contribution in [2.75, 3.05) is 20.6 Å². The van der Waals surface area contributed by atoms with Crippen molar-refractivity contribution in [3.63, 3.8) is 0 Å². The predicted octanol–water partition coefficient (Wildman–Crippen LogP) is 2.29. The number of likely N-dealkylation sites (N-methyl/N-ethyl adjacent to an activating group) is 1. The molecule has 0 unspecified atom stereocenters. The van der Waals surface area contributed by atoms with Crippen LogP contribution >= 0.6 is 11.3 Å². The fourth-order valence-electron chi connectivity index (χ4n) is 2.37. The van der Waals surface area contributed by atoms with Gasteiger partial charge in [0.15, 0.2) is 0 Å². The van der Waals surface area contributed by atoms with Crippen LogP contribution in [0.5, 0.6) is 0 Å². The average molecular weight is 345 g/mol. The van der Waals surface area contributed by atoms with Gasteiger partial charge in [-0.25, -0.2) is 0 Å². The minimum atomic E-state index is -0.585. The molecule has 1 aromatic heterocycles. The second-order valence-corrected chi connectivity index (χ2v) is 6.76. The molecule has 0 bridgehead atoms. The van der Waals surface area contributed by atoms with Crippen molar-refractivity contribution in [2.45, 2.75) is 19.0 Å². The molecule has 2 rings (SSSR count). The van der Waals surface area contributed by atoms with Crippen molar-refractivity contribution in [3.05, 3.63) is 58.3 Å². The number of rotatable bonds is 7. The number of hydrogen-bond donors (Lipinski definition) is 2. The number of benzene rings is 1. The van der Waals surface area contributed by atoms with Gasteiger partial charge in [-0.3, -0.25) is 9.59 Å². The second kappa shape index (κ2) is 8.61. The van der Waals surface area contributed by atoms with Gasteiger partial charge in [-0.15, -0.1) is 11.3 Å². The van der Waals surface area contributed by atoms with E-state index in [1.165, 1.54) is 11.3 Å². The van der Waals surface area contributed by atoms with E-state index >= 15 is 0 Å². The topological polar surface area (TPSA) is 61.4 Å². The van der Waals surface area contributed by atoms with Crippen molar-refractivity contribution in [1.29, 1.82) is 0 Å². The summed E-state index contributed by atoms with van der Waals surface area (Å²) in [5, 5.41) is 7.48. The van der Waals surface area contributed by atoms with E-state index in [-0.39, 0.29) is 17.9 Å². The lowest BCUT2D eigenvalue weighted by molar-refractivity contribution is -0.122. The normalized spacial score (nSPS) is 13.3. The first-order valence-electron chi connectivity index (χ1n) is 7.82. The highest BCUT2D eigenvalue weighted by atomic mass is 32.1. The van der Waals surface area contributed by atoms with Gasteiger partial charge in [-0.2, -0.15) is 0 Å². The summed E-state index contributed by atoms with van der Waals surface area (Å²) in [5.41, 5.74) is 1.14. The van der Waals surface area contributed by atoms with Crippen LogP contribution < -0.4 is 10.6 Å². The Morgan fingerprint density at radius 1 is 1.12 bits per heavy atom. The Hall–Kier alpha value is -2.18. The molecule has 2 aromatic rings. The molecule has 2 amide bonds. The molecule has 0 aliphatic rings. The lowest BCUT2D eigenvalue weighted by Crippen LogP contribution is -2.46. The Bertz CT molecular complexity index is 656. The number of amides is 2. The molecule has 1 heterocycles. The maximum atomic E-state index is 12.3. The molecule has 128 valence electrons. The third-order valence-corrected chi connectivity index (χ3v) is 4.63. The molecule has 24 heavy (non-hydrogen) atoms. The second-order valence-electron chi connectivity index (χ2n) is 5.81. The Labute approximate surface area is 146 Å². The number of nitrogens with one attached hydrogen (secondary N) is 2. The van der Waals surface area contributed by atoms with Gasteiger partial charge < -0.3 is 15.5 Å². The van der Waals surface area contributed by atoms with Crippen molar-refractivity contribution < 1.29 is 9.59 Å². The number of carbonyl (C=O) groups excluding carboxylic acids is 2. The van der Waals surface area contributed by atoms with E-state index in [4.69, 9.17) is 0 Å². The van der Waals surface area contributed by atoms with Gasteiger partial charge >= 0.3 is 0 Å². The molecule has 0 fully saturated rings. The van der Waals surface area contributed by atoms with E-state index in [2.05, 4.69) is 15.5 Å². The molecule has 0 radical (unpaired) electrons. The van der Waals surface area contributed by atoms with Gasteiger partial charge in [0.2, 0.25) is 5.91 Å². The zero-order valence-corrected chi connectivity index (χ0v) is 15.0. The Kier molecular flexibility index (Phi) is 6.52. The van der Waals surface area contributed by atoms with Crippen LogP contribution in [-0.2, 0) is 4.79 Å². The van der Waals surface area contributed by atoms with Gasteiger partial charge in [-0.1, -0.05) is 36.4 Å². The Morgan fingerprint density at radius 2 is 1.83 bits per heavy atom. The quantitative estimate of drug-likeness (QED) is 0.809. The summed E-state index contributed by atoms with van der Waals surface area (Å²) in [4.78, 5) is 26.9. The molecule has 0 aliphatic heterocycles. The lowest BCUT2D eigenvalue weighted by atomic mass is 10.1. The zero-order chi connectivity index (χ0) is 17.5. The lowest BCUT2D eigenvalue weighted by Gasteiger charge is -2.26. The van der Waals surface area contributed by atoms with Crippen LogP contribution in [0.15, 0.2) is 47.8 Å². The molecule has 0 saturated carbocycles. The monoisotopic (exact) mass is 345 g/mol. The van der Waals surface area contributed by atoms with Crippen molar-refractivity contribution in [2.24, 2.45) is 0 Å². The molecule has 2 atom stereocenters. The molecule has 1 aromatic carbocycles. The number of thiophene rings is 1. The predicted molar refractivity (Wildman–Crippen MR) is 97.1 cm³/mol. The largest absolute Gasteiger partial charge is 0.352 e. The summed E-state index contributed by atoms with van der Waals surface area (Å²) in [7, 11) is 3.96. The van der Waals surface area contributed by atoms with Crippen LogP contribution in [0.25, 0.3) is 0 Å². The van der Waals surface area contributed by atoms with Crippen LogP contribution in [0.3, 0.4) is 0 Å². The minimum Gasteiger partial charge on any atom is -0.352 e. The maximum absolute atomic E-state index is 12.3. The highest BCUT2D eigenvalue weighted by Gasteiger charge is 2.20. The summed E-state index contributed by atoms with van der Waals surface area (Å²) < 4.78 is 0. The fourth-order valence-corrected chi connectivity index (χ4v) is 2.99. The van der Waals surface area contributed by atoms with Crippen LogP contribution in [-0.4, -0.2) is 43.4 Å². The van der Waals surface area contributed by atoms with Gasteiger partial charge in [-0.05, 0) is 38.0 Å². The molecular weight excluding hydrogens is 322 g/mol. The maximum Gasteiger partial charge on any atom is 0.261 e. The van der Waals surface area contributed by atoms with E-state index in [9.17, 15) is 9.59 Å². The summed E-state index contributed by atoms with van der Waals surface area (Å²) in [6.07, 6.45) is 0. The fraction of sp³-hybridized carbons (Fsp3) is 0.333. The summed E-state index contributed by atoms with van der Waals surface area (Å²) in [6, 6.07) is 13.1. The molecule has 0 saturated heterocycles. The van der Waals surface area contributed by atoms with Crippen molar-refractivity contribution in [3.8, 4) is 0 Å². The van der Waals surface area contributed by atoms with E-state index in [0.717, 1.165) is 5.56 Å². The van der Waals surface area contributed by atoms with E-state index in [1.807, 2.05) is 55.9 Å². The highest BCUT2D eigenvalue weighted by molar-refractivity contribution is 7.12. The summed E-state index contributed by atoms with van der Waals surface area (Å²) in [6.45, 7) is 2.17. The van der Waals surface area contributed by atoms with Gasteiger partial charge in [0, 0.05) is 6.54 Å². The number of carbonyl (C=O) groups is 2. The third-order valence-electron chi connectivity index (χ3n) is 3.76. The molecule has 5 nitrogen and oxygen atoms in total. The first-order valence-corrected chi connectivity index (χ1v) is 8.70. The van der Waals surface area contributed by atoms with Crippen LogP contribution in [0.4, 0.5) is 0 Å². The SMILES string of the molecule is C[C@@H](NC(=O)c1cccs1)C(=O)NC[C@H](c1ccccc1)N(C)C. The van der Waals surface area contributed by atoms with Crippen molar-refractivity contribution >= 4 is 23.2 Å². The van der Waals surface area contributed by atoms with Crippen LogP contribution in [0, 0.1) is 0 Å². The summed E-state index contributed by atoms with van der Waals surface area (Å²) in [5.74, 6) is -0.414. The molecule has 0 aliphatic carbocycles. The number of nitrogens with zero attached hydrogens (tertiary/aromatic N) is 1. The van der Waals surface area contributed by atoms with Crippen LogP contribution in [0.2, 0.25) is 0 Å². The molecule has 2 N–H and O–H groups in total. The zero-order valence-electron chi connectivity index (χ0n) is 14.2. The van der Waals surface area contributed by atoms with Crippen molar-refractivity contribution in [1.82, 2.24) is 15.5 Å². The van der Waals surface area contributed by atoms with Gasteiger partial charge in [0.25, 0.3) is 5.91 Å². The van der Waals surface area contributed by atoms with Gasteiger partial charge in [0.05, 0.1) is 10.9 Å². The van der Waals surface area contributed by atoms with E-state index in [1.54, 1.807) is 13.0 Å². The first-order chi connectivity index (χ1) is 11.5. The number of hydrogen-bond acceptors (Lipinski definition) is 4. The van der Waals surface area contributed by atoms with E-state index in [0.29, 0.717) is 11.4 Å². The first kappa shape index (κ1) is 18.2. The Morgan fingerprint density at radius 3 is 2.42 bits per heavy atom. The summed E-state index contributed by atoms with van der Waals surface area (Å²) >= 11 is 1.35. The molecule has 0 spiro atoms. The van der Waals surface area contributed by atoms with Gasteiger partial charge in [0.1, 0.15) is 6.04 Å².